The van der Waals surface area contributed by atoms with Crippen LogP contribution in [0.2, 0.25) is 0 Å². The Labute approximate surface area is 184 Å². The van der Waals surface area contributed by atoms with E-state index in [4.69, 9.17) is 9.47 Å². The molecule has 0 atom stereocenters. The first kappa shape index (κ1) is 20.6. The Hall–Kier alpha value is -4.28. The number of nitrogens with zero attached hydrogens (tertiary/aromatic N) is 4. The van der Waals surface area contributed by atoms with Crippen molar-refractivity contribution in [3.63, 3.8) is 0 Å². The van der Waals surface area contributed by atoms with Crippen LogP contribution in [0.4, 0.5) is 13.2 Å². The molecule has 0 radical (unpaired) electrons. The van der Waals surface area contributed by atoms with Crippen LogP contribution in [-0.4, -0.2) is 39.1 Å². The van der Waals surface area contributed by atoms with E-state index in [0.717, 1.165) is 0 Å². The number of benzene rings is 2. The SMILES string of the molecule is O=c1ccn(-c2cccc(OC(F)(F)F)c2)nc1-c1ccnn1-c1ccc2c(c1)OCCO2. The highest BCUT2D eigenvalue weighted by Gasteiger charge is 2.31. The molecule has 11 heteroatoms. The number of hydrogen-bond acceptors (Lipinski definition) is 6. The summed E-state index contributed by atoms with van der Waals surface area (Å²) in [4.78, 5) is 12.6. The molecule has 0 saturated heterocycles. The molecule has 8 nitrogen and oxygen atoms in total. The lowest BCUT2D eigenvalue weighted by atomic mass is 10.2. The molecular formula is C22H15F3N4O4. The van der Waals surface area contributed by atoms with Crippen LogP contribution in [0.1, 0.15) is 0 Å². The lowest BCUT2D eigenvalue weighted by Gasteiger charge is -2.19. The number of rotatable bonds is 4. The maximum absolute atomic E-state index is 12.6. The first-order valence-electron chi connectivity index (χ1n) is 9.78. The van der Waals surface area contributed by atoms with E-state index in [1.54, 1.807) is 30.3 Å². The summed E-state index contributed by atoms with van der Waals surface area (Å²) in [7, 11) is 0. The molecule has 1 aliphatic rings. The number of halogens is 3. The van der Waals surface area contributed by atoms with E-state index in [0.29, 0.717) is 36.1 Å². The first-order chi connectivity index (χ1) is 15.9. The van der Waals surface area contributed by atoms with Crippen molar-refractivity contribution >= 4 is 0 Å². The van der Waals surface area contributed by atoms with Crippen LogP contribution >= 0.6 is 0 Å². The van der Waals surface area contributed by atoms with Crippen LogP contribution in [0.15, 0.2) is 71.8 Å². The second-order valence-corrected chi connectivity index (χ2v) is 6.97. The molecule has 4 aromatic rings. The Morgan fingerprint density at radius 2 is 1.76 bits per heavy atom. The summed E-state index contributed by atoms with van der Waals surface area (Å²) in [5.74, 6) is 0.767. The van der Waals surface area contributed by atoms with Crippen molar-refractivity contribution < 1.29 is 27.4 Å². The van der Waals surface area contributed by atoms with Gasteiger partial charge in [0.15, 0.2) is 17.2 Å². The van der Waals surface area contributed by atoms with E-state index in [-0.39, 0.29) is 16.8 Å². The first-order valence-corrected chi connectivity index (χ1v) is 9.78. The average Bonchev–Trinajstić information content (AvgIpc) is 3.28. The van der Waals surface area contributed by atoms with Gasteiger partial charge in [-0.05, 0) is 30.3 Å². The van der Waals surface area contributed by atoms with Gasteiger partial charge in [-0.3, -0.25) is 4.79 Å². The molecule has 0 aliphatic carbocycles. The average molecular weight is 456 g/mol. The van der Waals surface area contributed by atoms with Gasteiger partial charge in [0.05, 0.1) is 23.3 Å². The molecule has 5 rings (SSSR count). The Morgan fingerprint density at radius 1 is 0.939 bits per heavy atom. The van der Waals surface area contributed by atoms with Crippen molar-refractivity contribution in [2.45, 2.75) is 6.36 Å². The normalized spacial score (nSPS) is 13.1. The topological polar surface area (TPSA) is 80.4 Å². The third kappa shape index (κ3) is 4.25. The molecule has 0 bridgehead atoms. The zero-order valence-electron chi connectivity index (χ0n) is 16.8. The summed E-state index contributed by atoms with van der Waals surface area (Å²) >= 11 is 0. The van der Waals surface area contributed by atoms with Gasteiger partial charge in [0.2, 0.25) is 5.43 Å². The lowest BCUT2D eigenvalue weighted by Crippen LogP contribution is -2.18. The highest BCUT2D eigenvalue weighted by atomic mass is 19.4. The fourth-order valence-electron chi connectivity index (χ4n) is 3.40. The number of aromatic nitrogens is 4. The lowest BCUT2D eigenvalue weighted by molar-refractivity contribution is -0.274. The molecule has 3 heterocycles. The van der Waals surface area contributed by atoms with E-state index in [2.05, 4.69) is 14.9 Å². The summed E-state index contributed by atoms with van der Waals surface area (Å²) in [6.45, 7) is 0.881. The van der Waals surface area contributed by atoms with Crippen LogP contribution < -0.4 is 19.6 Å². The maximum Gasteiger partial charge on any atom is 0.573 e. The zero-order valence-corrected chi connectivity index (χ0v) is 16.8. The molecule has 0 saturated carbocycles. The fraction of sp³-hybridized carbons (Fsp3) is 0.136. The standard InChI is InChI=1S/C22H15F3N4O4/c23-22(24,25)33-16-3-1-2-14(12-16)28-9-7-18(30)21(27-28)17-6-8-26-29(17)15-4-5-19-20(13-15)32-11-10-31-19/h1-9,12-13H,10-11H2. The van der Waals surface area contributed by atoms with Crippen LogP contribution in [0.25, 0.3) is 22.8 Å². The van der Waals surface area contributed by atoms with Crippen molar-refractivity contribution in [2.24, 2.45) is 0 Å². The predicted molar refractivity (Wildman–Crippen MR) is 110 cm³/mol. The molecular weight excluding hydrogens is 441 g/mol. The molecule has 0 fully saturated rings. The quantitative estimate of drug-likeness (QED) is 0.465. The van der Waals surface area contributed by atoms with Gasteiger partial charge in [-0.15, -0.1) is 13.2 Å². The van der Waals surface area contributed by atoms with Crippen molar-refractivity contribution in [3.8, 4) is 40.0 Å². The molecule has 33 heavy (non-hydrogen) atoms. The molecule has 0 spiro atoms. The van der Waals surface area contributed by atoms with Crippen molar-refractivity contribution in [1.29, 1.82) is 0 Å². The second kappa shape index (κ2) is 8.01. The molecule has 2 aromatic heterocycles. The van der Waals surface area contributed by atoms with Crippen molar-refractivity contribution in [3.05, 3.63) is 77.2 Å². The smallest absolute Gasteiger partial charge is 0.486 e. The summed E-state index contributed by atoms with van der Waals surface area (Å²) in [6, 6.07) is 13.4. The van der Waals surface area contributed by atoms with Gasteiger partial charge >= 0.3 is 6.36 Å². The third-order valence-corrected chi connectivity index (χ3v) is 4.78. The van der Waals surface area contributed by atoms with Gasteiger partial charge in [-0.1, -0.05) is 6.07 Å². The largest absolute Gasteiger partial charge is 0.573 e. The molecule has 1 aliphatic heterocycles. The van der Waals surface area contributed by atoms with E-state index in [9.17, 15) is 18.0 Å². The van der Waals surface area contributed by atoms with Crippen LogP contribution in [0, 0.1) is 0 Å². The van der Waals surface area contributed by atoms with E-state index in [1.165, 1.54) is 46.0 Å². The molecule has 168 valence electrons. The van der Waals surface area contributed by atoms with Gasteiger partial charge in [0, 0.05) is 24.4 Å². The van der Waals surface area contributed by atoms with Crippen molar-refractivity contribution in [1.82, 2.24) is 19.6 Å². The third-order valence-electron chi connectivity index (χ3n) is 4.78. The van der Waals surface area contributed by atoms with E-state index < -0.39 is 12.1 Å². The fourth-order valence-corrected chi connectivity index (χ4v) is 3.40. The second-order valence-electron chi connectivity index (χ2n) is 6.97. The highest BCUT2D eigenvalue weighted by molar-refractivity contribution is 5.59. The molecule has 2 aromatic carbocycles. The summed E-state index contributed by atoms with van der Waals surface area (Å²) in [5, 5.41) is 8.64. The van der Waals surface area contributed by atoms with Crippen LogP contribution in [0.5, 0.6) is 17.2 Å². The summed E-state index contributed by atoms with van der Waals surface area (Å²) < 4.78 is 55.7. The van der Waals surface area contributed by atoms with Crippen LogP contribution in [-0.2, 0) is 0 Å². The van der Waals surface area contributed by atoms with Gasteiger partial charge in [0.1, 0.15) is 19.0 Å². The van der Waals surface area contributed by atoms with Gasteiger partial charge in [-0.2, -0.15) is 10.2 Å². The minimum Gasteiger partial charge on any atom is -0.486 e. The number of hydrogen-bond donors (Lipinski definition) is 0. The Bertz CT molecular complexity index is 1380. The number of ether oxygens (including phenoxy) is 3. The van der Waals surface area contributed by atoms with E-state index in [1.807, 2.05) is 0 Å². The van der Waals surface area contributed by atoms with Crippen molar-refractivity contribution in [2.75, 3.05) is 13.2 Å². The zero-order chi connectivity index (χ0) is 23.0. The Kier molecular flexibility index (Phi) is 5.00. The van der Waals surface area contributed by atoms with Crippen LogP contribution in [0.3, 0.4) is 0 Å². The molecule has 0 N–H and O–H groups in total. The summed E-state index contributed by atoms with van der Waals surface area (Å²) in [6.07, 6.45) is -1.94. The molecule has 0 unspecified atom stereocenters. The minimum absolute atomic E-state index is 0.0621. The monoisotopic (exact) mass is 456 g/mol. The summed E-state index contributed by atoms with van der Waals surface area (Å²) in [5.41, 5.74) is 0.980. The predicted octanol–water partition coefficient (Wildman–Crippen LogP) is 3.76. The Morgan fingerprint density at radius 3 is 2.58 bits per heavy atom. The van der Waals surface area contributed by atoms with Gasteiger partial charge in [-0.25, -0.2) is 9.36 Å². The number of alkyl halides is 3. The van der Waals surface area contributed by atoms with E-state index >= 15 is 0 Å². The molecule has 0 amide bonds. The minimum atomic E-state index is -4.82. The van der Waals surface area contributed by atoms with Gasteiger partial charge in [0.25, 0.3) is 0 Å². The number of fused-ring (bicyclic) bond motifs is 1. The Balaban J connectivity index is 1.54. The maximum atomic E-state index is 12.6. The van der Waals surface area contributed by atoms with Gasteiger partial charge < -0.3 is 14.2 Å². The highest BCUT2D eigenvalue weighted by Crippen LogP contribution is 2.33.